The number of hydrogen-bond donors (Lipinski definition) is 2. The third-order valence-electron chi connectivity index (χ3n) is 5.84. The van der Waals surface area contributed by atoms with Crippen molar-refractivity contribution in [1.29, 1.82) is 0 Å². The first-order chi connectivity index (χ1) is 17.9. The quantitative estimate of drug-likeness (QED) is 0.341. The largest absolute Gasteiger partial charge is 0.494 e. The second-order valence-electron chi connectivity index (χ2n) is 8.53. The van der Waals surface area contributed by atoms with Crippen molar-refractivity contribution in [2.24, 2.45) is 7.05 Å². The van der Waals surface area contributed by atoms with E-state index in [-0.39, 0.29) is 11.7 Å². The highest BCUT2D eigenvalue weighted by molar-refractivity contribution is 5.98. The van der Waals surface area contributed by atoms with Crippen LogP contribution < -0.4 is 15.4 Å². The van der Waals surface area contributed by atoms with E-state index in [2.05, 4.69) is 30.7 Å². The minimum atomic E-state index is -0.630. The lowest BCUT2D eigenvalue weighted by molar-refractivity contribution is 0.0943. The molecule has 0 aliphatic carbocycles. The average molecular weight is 498 g/mol. The highest BCUT2D eigenvalue weighted by atomic mass is 19.1. The standard InChI is InChI=1S/C27H24FN7O2/c1-16-10-21(8-9-29-16)32-27-30-13-19-5-4-18(12-23(19)33-27)26(36)34-25(20-14-31-35(2)15-20)17-6-7-24(37-3)22(28)11-17/h4-15,25H,1-3H3,(H,34,36)(H,29,30,32,33). The Morgan fingerprint density at radius 1 is 1.05 bits per heavy atom. The highest BCUT2D eigenvalue weighted by Crippen LogP contribution is 2.27. The summed E-state index contributed by atoms with van der Waals surface area (Å²) in [6, 6.07) is 12.9. The Morgan fingerprint density at radius 2 is 1.92 bits per heavy atom. The molecule has 0 saturated carbocycles. The van der Waals surface area contributed by atoms with E-state index in [0.29, 0.717) is 28.2 Å². The molecule has 0 aliphatic rings. The summed E-state index contributed by atoms with van der Waals surface area (Å²) in [5, 5.41) is 11.2. The highest BCUT2D eigenvalue weighted by Gasteiger charge is 2.21. The van der Waals surface area contributed by atoms with Crippen LogP contribution in [0.4, 0.5) is 16.0 Å². The number of aromatic nitrogens is 5. The number of amides is 1. The molecule has 2 aromatic carbocycles. The van der Waals surface area contributed by atoms with Gasteiger partial charge in [-0.25, -0.2) is 14.4 Å². The van der Waals surface area contributed by atoms with Crippen LogP contribution in [0, 0.1) is 12.7 Å². The Morgan fingerprint density at radius 3 is 2.65 bits per heavy atom. The number of carbonyl (C=O) groups is 1. The number of hydrogen-bond acceptors (Lipinski definition) is 7. The van der Waals surface area contributed by atoms with Gasteiger partial charge in [0, 0.05) is 53.5 Å². The van der Waals surface area contributed by atoms with Crippen LogP contribution in [0.15, 0.2) is 73.3 Å². The molecule has 0 fully saturated rings. The third kappa shape index (κ3) is 5.22. The Kier molecular flexibility index (Phi) is 6.46. The van der Waals surface area contributed by atoms with Crippen LogP contribution in [0.1, 0.15) is 33.2 Å². The lowest BCUT2D eigenvalue weighted by Crippen LogP contribution is -2.29. The minimum Gasteiger partial charge on any atom is -0.494 e. The molecule has 1 amide bonds. The average Bonchev–Trinajstić information content (AvgIpc) is 3.32. The van der Waals surface area contributed by atoms with E-state index in [1.807, 2.05) is 19.1 Å². The van der Waals surface area contributed by atoms with Gasteiger partial charge in [0.2, 0.25) is 5.95 Å². The van der Waals surface area contributed by atoms with E-state index in [1.165, 1.54) is 19.2 Å². The van der Waals surface area contributed by atoms with Gasteiger partial charge in [0.05, 0.1) is 24.9 Å². The molecule has 0 spiro atoms. The number of methoxy groups -OCH3 is 1. The second-order valence-corrected chi connectivity index (χ2v) is 8.53. The Balaban J connectivity index is 1.44. The maximum absolute atomic E-state index is 14.5. The van der Waals surface area contributed by atoms with Gasteiger partial charge in [0.1, 0.15) is 0 Å². The van der Waals surface area contributed by atoms with E-state index < -0.39 is 11.9 Å². The zero-order chi connectivity index (χ0) is 25.9. The molecule has 0 aliphatic heterocycles. The molecule has 3 heterocycles. The van der Waals surface area contributed by atoms with Crippen molar-refractivity contribution >= 4 is 28.4 Å². The number of anilines is 2. The predicted octanol–water partition coefficient (Wildman–Crippen LogP) is 4.48. The van der Waals surface area contributed by atoms with Crippen molar-refractivity contribution in [3.63, 3.8) is 0 Å². The van der Waals surface area contributed by atoms with Gasteiger partial charge in [-0.3, -0.25) is 14.5 Å². The molecular formula is C27H24FN7O2. The molecule has 37 heavy (non-hydrogen) atoms. The van der Waals surface area contributed by atoms with E-state index in [9.17, 15) is 9.18 Å². The molecule has 1 unspecified atom stereocenters. The summed E-state index contributed by atoms with van der Waals surface area (Å²) >= 11 is 0. The van der Waals surface area contributed by atoms with Crippen molar-refractivity contribution < 1.29 is 13.9 Å². The molecule has 5 rings (SSSR count). The molecule has 0 bridgehead atoms. The molecule has 0 saturated heterocycles. The van der Waals surface area contributed by atoms with Crippen LogP contribution in [0.25, 0.3) is 10.9 Å². The van der Waals surface area contributed by atoms with Gasteiger partial charge in [-0.2, -0.15) is 5.10 Å². The predicted molar refractivity (Wildman–Crippen MR) is 137 cm³/mol. The number of carbonyl (C=O) groups excluding carboxylic acids is 1. The lowest BCUT2D eigenvalue weighted by atomic mass is 10.0. The summed E-state index contributed by atoms with van der Waals surface area (Å²) in [6.07, 6.45) is 6.81. The summed E-state index contributed by atoms with van der Waals surface area (Å²) in [4.78, 5) is 26.5. The first kappa shape index (κ1) is 23.9. The van der Waals surface area contributed by atoms with Crippen LogP contribution in [-0.2, 0) is 7.05 Å². The van der Waals surface area contributed by atoms with Crippen molar-refractivity contribution in [3.8, 4) is 5.75 Å². The number of ether oxygens (including phenoxy) is 1. The molecule has 3 aromatic heterocycles. The van der Waals surface area contributed by atoms with Gasteiger partial charge in [-0.15, -0.1) is 0 Å². The summed E-state index contributed by atoms with van der Waals surface area (Å²) in [6.45, 7) is 1.90. The van der Waals surface area contributed by atoms with E-state index >= 15 is 0 Å². The summed E-state index contributed by atoms with van der Waals surface area (Å²) < 4.78 is 21.2. The minimum absolute atomic E-state index is 0.126. The van der Waals surface area contributed by atoms with Gasteiger partial charge in [-0.1, -0.05) is 12.1 Å². The fourth-order valence-electron chi connectivity index (χ4n) is 4.00. The van der Waals surface area contributed by atoms with Crippen LogP contribution in [0.3, 0.4) is 0 Å². The number of rotatable bonds is 7. The van der Waals surface area contributed by atoms with Crippen LogP contribution >= 0.6 is 0 Å². The van der Waals surface area contributed by atoms with Gasteiger partial charge in [-0.05, 0) is 48.9 Å². The molecule has 2 N–H and O–H groups in total. The number of aryl methyl sites for hydroxylation is 2. The Hall–Kier alpha value is -4.86. The van der Waals surface area contributed by atoms with Gasteiger partial charge in [0.15, 0.2) is 11.6 Å². The smallest absolute Gasteiger partial charge is 0.252 e. The normalized spacial score (nSPS) is 11.8. The van der Waals surface area contributed by atoms with Gasteiger partial charge >= 0.3 is 0 Å². The molecular weight excluding hydrogens is 473 g/mol. The summed E-state index contributed by atoms with van der Waals surface area (Å²) in [5.41, 5.74) is 3.95. The zero-order valence-electron chi connectivity index (χ0n) is 20.4. The SMILES string of the molecule is COc1ccc(C(NC(=O)c2ccc3cnc(Nc4ccnc(C)c4)nc3c2)c2cnn(C)c2)cc1F. The molecule has 186 valence electrons. The topological polar surface area (TPSA) is 107 Å². The lowest BCUT2D eigenvalue weighted by Gasteiger charge is -2.19. The van der Waals surface area contributed by atoms with Crippen LogP contribution in [0.5, 0.6) is 5.75 Å². The van der Waals surface area contributed by atoms with Crippen LogP contribution in [-0.4, -0.2) is 37.7 Å². The monoisotopic (exact) mass is 497 g/mol. The van der Waals surface area contributed by atoms with Crippen molar-refractivity contribution in [3.05, 3.63) is 102 Å². The van der Waals surface area contributed by atoms with Crippen molar-refractivity contribution in [1.82, 2.24) is 30.0 Å². The number of benzene rings is 2. The maximum atomic E-state index is 14.5. The number of nitrogens with one attached hydrogen (secondary N) is 2. The van der Waals surface area contributed by atoms with Gasteiger partial charge < -0.3 is 15.4 Å². The number of halogens is 1. The summed E-state index contributed by atoms with van der Waals surface area (Å²) in [5.74, 6) is -0.335. The molecule has 1 atom stereocenters. The van der Waals surface area contributed by atoms with Crippen molar-refractivity contribution in [2.75, 3.05) is 12.4 Å². The number of nitrogens with zero attached hydrogens (tertiary/aromatic N) is 5. The first-order valence-electron chi connectivity index (χ1n) is 11.5. The fourth-order valence-corrected chi connectivity index (χ4v) is 4.00. The third-order valence-corrected chi connectivity index (χ3v) is 5.84. The Labute approximate surface area is 212 Å². The first-order valence-corrected chi connectivity index (χ1v) is 11.5. The zero-order valence-corrected chi connectivity index (χ0v) is 20.4. The van der Waals surface area contributed by atoms with Crippen molar-refractivity contribution in [2.45, 2.75) is 13.0 Å². The second kappa shape index (κ2) is 10.0. The van der Waals surface area contributed by atoms with E-state index in [0.717, 1.165) is 16.8 Å². The Bertz CT molecular complexity index is 1600. The maximum Gasteiger partial charge on any atom is 0.252 e. The van der Waals surface area contributed by atoms with Gasteiger partial charge in [0.25, 0.3) is 5.91 Å². The molecule has 0 radical (unpaired) electrons. The number of pyridine rings is 1. The molecule has 9 nitrogen and oxygen atoms in total. The molecule has 5 aromatic rings. The number of fused-ring (bicyclic) bond motifs is 1. The van der Waals surface area contributed by atoms with Crippen LogP contribution in [0.2, 0.25) is 0 Å². The fraction of sp³-hybridized carbons (Fsp3) is 0.148. The van der Waals surface area contributed by atoms with E-state index in [4.69, 9.17) is 4.74 Å². The summed E-state index contributed by atoms with van der Waals surface area (Å²) in [7, 11) is 3.18. The van der Waals surface area contributed by atoms with E-state index in [1.54, 1.807) is 60.8 Å². The molecule has 10 heteroatoms.